The van der Waals surface area contributed by atoms with Gasteiger partial charge in [0.05, 0.1) is 5.56 Å². The van der Waals surface area contributed by atoms with Crippen molar-refractivity contribution in [2.24, 2.45) is 0 Å². The Labute approximate surface area is 173 Å². The van der Waals surface area contributed by atoms with Gasteiger partial charge in [0.2, 0.25) is 0 Å². The third-order valence-corrected chi connectivity index (χ3v) is 5.28. The van der Waals surface area contributed by atoms with Gasteiger partial charge >= 0.3 is 0 Å². The van der Waals surface area contributed by atoms with E-state index >= 15 is 0 Å². The molecule has 144 valence electrons. The second kappa shape index (κ2) is 8.71. The predicted molar refractivity (Wildman–Crippen MR) is 117 cm³/mol. The first-order chi connectivity index (χ1) is 14.2. The molecule has 0 fully saturated rings. The number of rotatable bonds is 6. The van der Waals surface area contributed by atoms with E-state index in [0.717, 1.165) is 33.1 Å². The van der Waals surface area contributed by atoms with E-state index in [1.165, 1.54) is 11.3 Å². The molecule has 0 saturated carbocycles. The molecule has 0 radical (unpaired) electrons. The average Bonchev–Trinajstić information content (AvgIpc) is 3.25. The van der Waals surface area contributed by atoms with Crippen molar-refractivity contribution in [2.45, 2.75) is 13.5 Å². The summed E-state index contributed by atoms with van der Waals surface area (Å²) in [7, 11) is 0. The van der Waals surface area contributed by atoms with Crippen molar-refractivity contribution in [1.29, 1.82) is 0 Å². The molecule has 3 aromatic carbocycles. The molecule has 0 aliphatic heterocycles. The van der Waals surface area contributed by atoms with Crippen LogP contribution in [0.4, 0.5) is 5.69 Å². The molecule has 0 atom stereocenters. The molecule has 0 bridgehead atoms. The monoisotopic (exact) mass is 400 g/mol. The van der Waals surface area contributed by atoms with E-state index in [1.807, 2.05) is 85.8 Å². The molecule has 4 nitrogen and oxygen atoms in total. The van der Waals surface area contributed by atoms with Crippen LogP contribution in [0.25, 0.3) is 10.6 Å². The van der Waals surface area contributed by atoms with Gasteiger partial charge in [-0.25, -0.2) is 4.98 Å². The van der Waals surface area contributed by atoms with Crippen LogP contribution < -0.4 is 10.1 Å². The van der Waals surface area contributed by atoms with Crippen molar-refractivity contribution in [1.82, 2.24) is 4.98 Å². The van der Waals surface area contributed by atoms with Crippen LogP contribution in [0.15, 0.2) is 84.2 Å². The van der Waals surface area contributed by atoms with Crippen molar-refractivity contribution in [3.05, 3.63) is 101 Å². The van der Waals surface area contributed by atoms with Crippen molar-refractivity contribution in [3.8, 4) is 16.3 Å². The Morgan fingerprint density at radius 1 is 0.966 bits per heavy atom. The zero-order valence-corrected chi connectivity index (χ0v) is 16.8. The Morgan fingerprint density at radius 3 is 2.48 bits per heavy atom. The standard InChI is InChI=1S/C24H20N2O2S/c1-17-11-13-19(14-12-17)25-23(27)21-16-29-24(26-21)20-9-5-6-10-22(20)28-15-18-7-3-2-4-8-18/h2-14,16H,15H2,1H3,(H,25,27). The largest absolute Gasteiger partial charge is 0.488 e. The normalized spacial score (nSPS) is 10.5. The molecule has 1 N–H and O–H groups in total. The number of aromatic nitrogens is 1. The lowest BCUT2D eigenvalue weighted by molar-refractivity contribution is 0.102. The summed E-state index contributed by atoms with van der Waals surface area (Å²) in [6.45, 7) is 2.49. The van der Waals surface area contributed by atoms with E-state index in [9.17, 15) is 4.79 Å². The van der Waals surface area contributed by atoms with Gasteiger partial charge in [-0.05, 0) is 36.8 Å². The molecular formula is C24H20N2O2S. The van der Waals surface area contributed by atoms with Crippen molar-refractivity contribution >= 4 is 22.9 Å². The Bertz CT molecular complexity index is 1110. The van der Waals surface area contributed by atoms with Gasteiger partial charge in [-0.15, -0.1) is 11.3 Å². The minimum Gasteiger partial charge on any atom is -0.488 e. The number of ether oxygens (including phenoxy) is 1. The summed E-state index contributed by atoms with van der Waals surface area (Å²) in [5.74, 6) is 0.523. The summed E-state index contributed by atoms with van der Waals surface area (Å²) in [5, 5.41) is 5.41. The summed E-state index contributed by atoms with van der Waals surface area (Å²) in [6, 6.07) is 25.5. The molecule has 4 aromatic rings. The number of aryl methyl sites for hydroxylation is 1. The molecule has 0 aliphatic rings. The molecule has 0 aliphatic carbocycles. The first kappa shape index (κ1) is 18.9. The molecule has 29 heavy (non-hydrogen) atoms. The van der Waals surface area contributed by atoms with Crippen LogP contribution in [0, 0.1) is 6.92 Å². The van der Waals surface area contributed by atoms with Crippen molar-refractivity contribution in [2.75, 3.05) is 5.32 Å². The van der Waals surface area contributed by atoms with Gasteiger partial charge in [-0.2, -0.15) is 0 Å². The number of benzene rings is 3. The third kappa shape index (κ3) is 4.70. The second-order valence-corrected chi connectivity index (χ2v) is 7.49. The number of thiazole rings is 1. The number of para-hydroxylation sites is 1. The molecule has 1 amide bonds. The van der Waals surface area contributed by atoms with E-state index < -0.39 is 0 Å². The molecule has 1 heterocycles. The molecule has 4 rings (SSSR count). The fourth-order valence-electron chi connectivity index (χ4n) is 2.84. The third-order valence-electron chi connectivity index (χ3n) is 4.40. The highest BCUT2D eigenvalue weighted by Crippen LogP contribution is 2.32. The number of carbonyl (C=O) groups excluding carboxylic acids is 1. The van der Waals surface area contributed by atoms with Gasteiger partial charge < -0.3 is 10.1 Å². The lowest BCUT2D eigenvalue weighted by Gasteiger charge is -2.10. The van der Waals surface area contributed by atoms with Crippen LogP contribution in [0.2, 0.25) is 0 Å². The highest BCUT2D eigenvalue weighted by Gasteiger charge is 2.15. The van der Waals surface area contributed by atoms with Crippen molar-refractivity contribution < 1.29 is 9.53 Å². The van der Waals surface area contributed by atoms with Crippen LogP contribution in [-0.2, 0) is 6.61 Å². The number of anilines is 1. The highest BCUT2D eigenvalue weighted by atomic mass is 32.1. The fourth-order valence-corrected chi connectivity index (χ4v) is 3.67. The quantitative estimate of drug-likeness (QED) is 0.435. The fraction of sp³-hybridized carbons (Fsp3) is 0.0833. The summed E-state index contributed by atoms with van der Waals surface area (Å²) in [5.41, 5.74) is 4.26. The lowest BCUT2D eigenvalue weighted by atomic mass is 10.2. The molecule has 5 heteroatoms. The molecule has 0 unspecified atom stereocenters. The zero-order chi connectivity index (χ0) is 20.1. The highest BCUT2D eigenvalue weighted by molar-refractivity contribution is 7.13. The molecule has 0 saturated heterocycles. The number of amides is 1. The summed E-state index contributed by atoms with van der Waals surface area (Å²) < 4.78 is 6.02. The topological polar surface area (TPSA) is 51.2 Å². The minimum atomic E-state index is -0.223. The number of carbonyl (C=O) groups is 1. The van der Waals surface area contributed by atoms with Crippen LogP contribution in [-0.4, -0.2) is 10.9 Å². The predicted octanol–water partition coefficient (Wildman–Crippen LogP) is 5.95. The van der Waals surface area contributed by atoms with Gasteiger partial charge in [-0.3, -0.25) is 4.79 Å². The Balaban J connectivity index is 1.50. The van der Waals surface area contributed by atoms with E-state index in [-0.39, 0.29) is 5.91 Å². The molecule has 1 aromatic heterocycles. The Kier molecular flexibility index (Phi) is 5.68. The van der Waals surface area contributed by atoms with Crippen LogP contribution in [0.3, 0.4) is 0 Å². The summed E-state index contributed by atoms with van der Waals surface area (Å²) in [6.07, 6.45) is 0. The summed E-state index contributed by atoms with van der Waals surface area (Å²) >= 11 is 1.43. The van der Waals surface area contributed by atoms with Gasteiger partial charge in [0.1, 0.15) is 23.1 Å². The number of hydrogen-bond acceptors (Lipinski definition) is 4. The molecular weight excluding hydrogens is 380 g/mol. The molecule has 0 spiro atoms. The zero-order valence-electron chi connectivity index (χ0n) is 16.0. The Hall–Kier alpha value is -3.44. The van der Waals surface area contributed by atoms with Gasteiger partial charge in [0.15, 0.2) is 0 Å². The van der Waals surface area contributed by atoms with Gasteiger partial charge in [-0.1, -0.05) is 60.2 Å². The van der Waals surface area contributed by atoms with Crippen molar-refractivity contribution in [3.63, 3.8) is 0 Å². The van der Waals surface area contributed by atoms with Crippen LogP contribution in [0.5, 0.6) is 5.75 Å². The maximum absolute atomic E-state index is 12.5. The first-order valence-corrected chi connectivity index (χ1v) is 10.2. The maximum Gasteiger partial charge on any atom is 0.275 e. The smallest absolute Gasteiger partial charge is 0.275 e. The Morgan fingerprint density at radius 2 is 1.69 bits per heavy atom. The number of nitrogens with one attached hydrogen (secondary N) is 1. The van der Waals surface area contributed by atoms with E-state index in [4.69, 9.17) is 4.74 Å². The van der Waals surface area contributed by atoms with Gasteiger partial charge in [0, 0.05) is 11.1 Å². The summed E-state index contributed by atoms with van der Waals surface area (Å²) in [4.78, 5) is 17.1. The minimum absolute atomic E-state index is 0.223. The van der Waals surface area contributed by atoms with E-state index in [2.05, 4.69) is 10.3 Å². The SMILES string of the molecule is Cc1ccc(NC(=O)c2csc(-c3ccccc3OCc3ccccc3)n2)cc1. The maximum atomic E-state index is 12.5. The average molecular weight is 401 g/mol. The lowest BCUT2D eigenvalue weighted by Crippen LogP contribution is -2.12. The van der Waals surface area contributed by atoms with Crippen LogP contribution >= 0.6 is 11.3 Å². The number of hydrogen-bond donors (Lipinski definition) is 1. The first-order valence-electron chi connectivity index (χ1n) is 9.29. The van der Waals surface area contributed by atoms with E-state index in [1.54, 1.807) is 5.38 Å². The second-order valence-electron chi connectivity index (χ2n) is 6.63. The van der Waals surface area contributed by atoms with Gasteiger partial charge in [0.25, 0.3) is 5.91 Å². The number of nitrogens with zero attached hydrogens (tertiary/aromatic N) is 1. The van der Waals surface area contributed by atoms with Crippen LogP contribution in [0.1, 0.15) is 21.6 Å². The van der Waals surface area contributed by atoms with E-state index in [0.29, 0.717) is 12.3 Å².